The lowest BCUT2D eigenvalue weighted by Gasteiger charge is -2.23. The summed E-state index contributed by atoms with van der Waals surface area (Å²) in [7, 11) is 3.74. The monoisotopic (exact) mass is 252 g/mol. The van der Waals surface area contributed by atoms with Crippen molar-refractivity contribution >= 4 is 11.8 Å². The Balaban J connectivity index is 2.79. The summed E-state index contributed by atoms with van der Waals surface area (Å²) < 4.78 is 5.28. The summed E-state index contributed by atoms with van der Waals surface area (Å²) in [5, 5.41) is 3.20. The van der Waals surface area contributed by atoms with Gasteiger partial charge in [0, 0.05) is 39.0 Å². The van der Waals surface area contributed by atoms with Gasteiger partial charge in [0.15, 0.2) is 0 Å². The molecule has 5 heteroatoms. The number of hydrogen-bond donors (Lipinski definition) is 1. The molecular weight excluding hydrogens is 228 g/mol. The van der Waals surface area contributed by atoms with E-state index in [4.69, 9.17) is 4.74 Å². The fourth-order valence-corrected chi connectivity index (χ4v) is 1.69. The van der Waals surface area contributed by atoms with Crippen LogP contribution in [0.4, 0.5) is 11.8 Å². The van der Waals surface area contributed by atoms with Gasteiger partial charge in [0.25, 0.3) is 0 Å². The molecule has 0 aliphatic heterocycles. The minimum absolute atomic E-state index is 0.177. The van der Waals surface area contributed by atoms with E-state index in [0.29, 0.717) is 5.95 Å². The fourth-order valence-electron chi connectivity index (χ4n) is 1.69. The molecule has 0 bridgehead atoms. The van der Waals surface area contributed by atoms with Gasteiger partial charge in [0.2, 0.25) is 5.95 Å². The second-order valence-electron chi connectivity index (χ2n) is 4.55. The summed E-state index contributed by atoms with van der Waals surface area (Å²) in [5.74, 6) is 1.64. The second-order valence-corrected chi connectivity index (χ2v) is 4.55. The van der Waals surface area contributed by atoms with Crippen LogP contribution in [0.2, 0.25) is 0 Å². The van der Waals surface area contributed by atoms with E-state index in [1.807, 2.05) is 27.1 Å². The fraction of sp³-hybridized carbons (Fsp3) is 0.692. The number of methoxy groups -OCH3 is 1. The van der Waals surface area contributed by atoms with Crippen LogP contribution in [-0.4, -0.2) is 43.3 Å². The van der Waals surface area contributed by atoms with Gasteiger partial charge in [0.05, 0.1) is 6.10 Å². The second kappa shape index (κ2) is 7.16. The van der Waals surface area contributed by atoms with Crippen LogP contribution >= 0.6 is 0 Å². The van der Waals surface area contributed by atoms with Crippen LogP contribution in [0.25, 0.3) is 0 Å². The Morgan fingerprint density at radius 1 is 1.50 bits per heavy atom. The van der Waals surface area contributed by atoms with Crippen molar-refractivity contribution in [2.75, 3.05) is 37.5 Å². The van der Waals surface area contributed by atoms with Crippen molar-refractivity contribution in [2.45, 2.75) is 33.3 Å². The summed E-state index contributed by atoms with van der Waals surface area (Å²) in [6.07, 6.45) is 3.09. The van der Waals surface area contributed by atoms with Crippen LogP contribution in [0, 0.1) is 6.92 Å². The van der Waals surface area contributed by atoms with Gasteiger partial charge >= 0.3 is 0 Å². The maximum atomic E-state index is 5.28. The highest BCUT2D eigenvalue weighted by atomic mass is 16.5. The zero-order chi connectivity index (χ0) is 13.5. The highest BCUT2D eigenvalue weighted by Gasteiger charge is 2.11. The van der Waals surface area contributed by atoms with Gasteiger partial charge in [0.1, 0.15) is 5.82 Å². The van der Waals surface area contributed by atoms with Gasteiger partial charge in [-0.1, -0.05) is 6.92 Å². The average molecular weight is 252 g/mol. The summed E-state index contributed by atoms with van der Waals surface area (Å²) in [5.41, 5.74) is 1.07. The minimum atomic E-state index is 0.177. The Morgan fingerprint density at radius 3 is 2.83 bits per heavy atom. The number of nitrogens with one attached hydrogen (secondary N) is 1. The molecule has 1 rings (SSSR count). The van der Waals surface area contributed by atoms with Crippen LogP contribution in [0.3, 0.4) is 0 Å². The van der Waals surface area contributed by atoms with Crippen LogP contribution in [-0.2, 0) is 4.74 Å². The first-order valence-electron chi connectivity index (χ1n) is 6.39. The van der Waals surface area contributed by atoms with Crippen LogP contribution in [0.1, 0.15) is 25.8 Å². The molecule has 0 aromatic carbocycles. The molecule has 0 saturated carbocycles. The van der Waals surface area contributed by atoms with Crippen molar-refractivity contribution < 1.29 is 4.74 Å². The van der Waals surface area contributed by atoms with Gasteiger partial charge in [-0.15, -0.1) is 0 Å². The molecule has 0 fully saturated rings. The van der Waals surface area contributed by atoms with E-state index in [1.54, 1.807) is 7.11 Å². The van der Waals surface area contributed by atoms with E-state index in [0.717, 1.165) is 30.9 Å². The number of hydrogen-bond acceptors (Lipinski definition) is 5. The molecule has 1 aromatic rings. The molecule has 0 radical (unpaired) electrons. The van der Waals surface area contributed by atoms with Crippen molar-refractivity contribution in [1.29, 1.82) is 0 Å². The quantitative estimate of drug-likeness (QED) is 0.805. The molecule has 0 amide bonds. The summed E-state index contributed by atoms with van der Waals surface area (Å²) >= 11 is 0. The van der Waals surface area contributed by atoms with Crippen LogP contribution < -0.4 is 10.2 Å². The standard InChI is InChI=1S/C13H24N4O/c1-6-7-14-13-15-8-10(2)12(16-13)17(4)9-11(3)18-5/h8,11H,6-7,9H2,1-5H3,(H,14,15,16). The maximum absolute atomic E-state index is 5.28. The summed E-state index contributed by atoms with van der Waals surface area (Å²) in [6.45, 7) is 7.88. The number of aromatic nitrogens is 2. The number of anilines is 2. The van der Waals surface area contributed by atoms with E-state index >= 15 is 0 Å². The first-order valence-corrected chi connectivity index (χ1v) is 6.39. The van der Waals surface area contributed by atoms with Gasteiger partial charge in [-0.2, -0.15) is 4.98 Å². The Hall–Kier alpha value is -1.36. The minimum Gasteiger partial charge on any atom is -0.380 e. The predicted octanol–water partition coefficient (Wildman–Crippen LogP) is 2.08. The van der Waals surface area contributed by atoms with E-state index in [1.165, 1.54) is 0 Å². The van der Waals surface area contributed by atoms with Crippen molar-refractivity contribution in [1.82, 2.24) is 9.97 Å². The van der Waals surface area contributed by atoms with E-state index in [2.05, 4.69) is 27.1 Å². The van der Waals surface area contributed by atoms with Gasteiger partial charge in [-0.3, -0.25) is 0 Å². The molecular formula is C13H24N4O. The zero-order valence-corrected chi connectivity index (χ0v) is 12.0. The summed E-state index contributed by atoms with van der Waals surface area (Å²) in [6, 6.07) is 0. The van der Waals surface area contributed by atoms with E-state index in [9.17, 15) is 0 Å². The highest BCUT2D eigenvalue weighted by Crippen LogP contribution is 2.17. The normalized spacial score (nSPS) is 12.3. The van der Waals surface area contributed by atoms with Gasteiger partial charge < -0.3 is 15.0 Å². The smallest absolute Gasteiger partial charge is 0.224 e. The highest BCUT2D eigenvalue weighted by molar-refractivity contribution is 5.48. The molecule has 0 saturated heterocycles. The molecule has 102 valence electrons. The summed E-state index contributed by atoms with van der Waals surface area (Å²) in [4.78, 5) is 10.9. The predicted molar refractivity (Wildman–Crippen MR) is 75.3 cm³/mol. The average Bonchev–Trinajstić information content (AvgIpc) is 2.37. The first-order chi connectivity index (χ1) is 8.58. The van der Waals surface area contributed by atoms with Crippen LogP contribution in [0.5, 0.6) is 0 Å². The number of aryl methyl sites for hydroxylation is 1. The first kappa shape index (κ1) is 14.7. The Morgan fingerprint density at radius 2 is 2.22 bits per heavy atom. The molecule has 0 aliphatic carbocycles. The Bertz CT molecular complexity index is 370. The third-order valence-corrected chi connectivity index (χ3v) is 2.77. The molecule has 1 unspecified atom stereocenters. The number of ether oxygens (including phenoxy) is 1. The number of likely N-dealkylation sites (N-methyl/N-ethyl adjacent to an activating group) is 1. The lowest BCUT2D eigenvalue weighted by Crippen LogP contribution is -2.29. The lowest BCUT2D eigenvalue weighted by atomic mass is 10.3. The van der Waals surface area contributed by atoms with Crippen LogP contribution in [0.15, 0.2) is 6.20 Å². The number of rotatable bonds is 7. The van der Waals surface area contributed by atoms with Gasteiger partial charge in [-0.05, 0) is 20.3 Å². The third kappa shape index (κ3) is 4.14. The Kier molecular flexibility index (Phi) is 5.85. The molecule has 18 heavy (non-hydrogen) atoms. The van der Waals surface area contributed by atoms with Crippen molar-refractivity contribution in [3.8, 4) is 0 Å². The maximum Gasteiger partial charge on any atom is 0.224 e. The lowest BCUT2D eigenvalue weighted by molar-refractivity contribution is 0.124. The van der Waals surface area contributed by atoms with E-state index < -0.39 is 0 Å². The molecule has 1 aromatic heterocycles. The van der Waals surface area contributed by atoms with Crippen molar-refractivity contribution in [3.05, 3.63) is 11.8 Å². The third-order valence-electron chi connectivity index (χ3n) is 2.77. The largest absolute Gasteiger partial charge is 0.380 e. The SMILES string of the molecule is CCCNc1ncc(C)c(N(C)CC(C)OC)n1. The molecule has 1 atom stereocenters. The van der Waals surface area contributed by atoms with E-state index in [-0.39, 0.29) is 6.10 Å². The van der Waals surface area contributed by atoms with Crippen molar-refractivity contribution in [2.24, 2.45) is 0 Å². The molecule has 1 N–H and O–H groups in total. The number of nitrogens with zero attached hydrogens (tertiary/aromatic N) is 3. The molecule has 1 heterocycles. The zero-order valence-electron chi connectivity index (χ0n) is 12.0. The van der Waals surface area contributed by atoms with Crippen molar-refractivity contribution in [3.63, 3.8) is 0 Å². The van der Waals surface area contributed by atoms with Gasteiger partial charge in [-0.25, -0.2) is 4.98 Å². The molecule has 0 spiro atoms. The Labute approximate surface area is 110 Å². The molecule has 5 nitrogen and oxygen atoms in total. The molecule has 0 aliphatic rings. The topological polar surface area (TPSA) is 50.3 Å².